The second kappa shape index (κ2) is 20.4. The molecule has 0 radical (unpaired) electrons. The zero-order valence-corrected chi connectivity index (χ0v) is 33.3. The molecule has 0 spiro atoms. The molecule has 1 aliphatic heterocycles. The number of nitrogens with zero attached hydrogens (tertiary/aromatic N) is 1. The summed E-state index contributed by atoms with van der Waals surface area (Å²) in [6.07, 6.45) is 10.7. The van der Waals surface area contributed by atoms with E-state index in [1.165, 1.54) is 24.2 Å². The van der Waals surface area contributed by atoms with E-state index in [1.54, 1.807) is 0 Å². The van der Waals surface area contributed by atoms with E-state index in [-0.39, 0.29) is 17.7 Å². The van der Waals surface area contributed by atoms with E-state index in [0.717, 1.165) is 38.0 Å². The van der Waals surface area contributed by atoms with Crippen molar-refractivity contribution in [3.05, 3.63) is 0 Å². The van der Waals surface area contributed by atoms with Crippen molar-refractivity contribution in [1.82, 2.24) is 26.2 Å². The quantitative estimate of drug-likeness (QED) is 0.132. The van der Waals surface area contributed by atoms with Crippen molar-refractivity contribution in [2.24, 2.45) is 11.3 Å². The first-order valence-corrected chi connectivity index (χ1v) is 20.0. The van der Waals surface area contributed by atoms with Crippen LogP contribution in [0.25, 0.3) is 0 Å². The van der Waals surface area contributed by atoms with Crippen molar-refractivity contribution in [3.8, 4) is 0 Å². The van der Waals surface area contributed by atoms with Crippen molar-refractivity contribution in [1.29, 1.82) is 0 Å². The van der Waals surface area contributed by atoms with Crippen LogP contribution in [0.4, 0.5) is 4.79 Å². The maximum absolute atomic E-state index is 13.8. The highest BCUT2D eigenvalue weighted by Gasteiger charge is 2.43. The molecule has 1 saturated heterocycles. The van der Waals surface area contributed by atoms with Gasteiger partial charge in [-0.2, -0.15) is 0 Å². The summed E-state index contributed by atoms with van der Waals surface area (Å²) in [5.74, 6) is -0.916. The molecule has 0 aromatic rings. The number of likely N-dealkylation sites (tertiary alicyclic amines) is 1. The minimum Gasteiger partial charge on any atom is -0.347 e. The van der Waals surface area contributed by atoms with Crippen molar-refractivity contribution >= 4 is 40.3 Å². The van der Waals surface area contributed by atoms with Crippen LogP contribution in [0.2, 0.25) is 0 Å². The molecule has 5 amide bonds. The summed E-state index contributed by atoms with van der Waals surface area (Å²) in [6, 6.07) is -2.24. The Morgan fingerprint density at radius 2 is 1.49 bits per heavy atom. The fourth-order valence-corrected chi connectivity index (χ4v) is 6.61. The van der Waals surface area contributed by atoms with Crippen LogP contribution in [-0.4, -0.2) is 85.9 Å². The van der Waals surface area contributed by atoms with Gasteiger partial charge in [-0.25, -0.2) is 4.79 Å². The summed E-state index contributed by atoms with van der Waals surface area (Å²) >= 11 is 0. The number of hydrogen-bond acceptors (Lipinski definition) is 6. The van der Waals surface area contributed by atoms with Crippen LogP contribution in [0, 0.1) is 11.3 Å². The Labute approximate surface area is 299 Å². The molecule has 12 heteroatoms. The first-order valence-electron chi connectivity index (χ1n) is 18.7. The molecule has 0 aromatic carbocycles. The maximum atomic E-state index is 13.8. The summed E-state index contributed by atoms with van der Waals surface area (Å²) < 4.78 is 12.6. The lowest BCUT2D eigenvalue weighted by Gasteiger charge is -2.37. The summed E-state index contributed by atoms with van der Waals surface area (Å²) in [7, 11) is -1.20. The van der Waals surface area contributed by atoms with Gasteiger partial charge in [-0.1, -0.05) is 87.0 Å². The molecule has 284 valence electrons. The van der Waals surface area contributed by atoms with Crippen molar-refractivity contribution in [2.45, 2.75) is 175 Å². The van der Waals surface area contributed by atoms with Gasteiger partial charge in [-0.15, -0.1) is 0 Å². The van der Waals surface area contributed by atoms with Crippen molar-refractivity contribution < 1.29 is 28.2 Å². The molecular formula is C37H69N5O6S. The zero-order chi connectivity index (χ0) is 37.6. The van der Waals surface area contributed by atoms with Gasteiger partial charge >= 0.3 is 6.03 Å². The molecule has 3 aliphatic rings. The highest BCUT2D eigenvalue weighted by molar-refractivity contribution is 7.86. The summed E-state index contributed by atoms with van der Waals surface area (Å²) in [6.45, 7) is 21.4. The molecule has 49 heavy (non-hydrogen) atoms. The Hall–Kier alpha value is -2.50. The number of unbranched alkanes of at least 4 members (excludes halogenated alkanes) is 2. The van der Waals surface area contributed by atoms with Crippen molar-refractivity contribution in [2.75, 3.05) is 18.8 Å². The van der Waals surface area contributed by atoms with E-state index in [1.807, 2.05) is 62.3 Å². The Bertz CT molecular complexity index is 1130. The second-order valence-corrected chi connectivity index (χ2v) is 18.2. The minimum absolute atomic E-state index is 0.0361. The number of nitrogens with one attached hydrogen (secondary N) is 4. The maximum Gasteiger partial charge on any atom is 0.315 e. The number of carbonyl (C=O) groups is 5. The topological polar surface area (TPSA) is 154 Å². The van der Waals surface area contributed by atoms with Gasteiger partial charge in [0.05, 0.1) is 12.1 Å². The third-order valence-corrected chi connectivity index (χ3v) is 11.2. The van der Waals surface area contributed by atoms with E-state index >= 15 is 0 Å². The zero-order valence-electron chi connectivity index (χ0n) is 32.5. The second-order valence-electron chi connectivity index (χ2n) is 15.9. The molecule has 2 saturated carbocycles. The summed E-state index contributed by atoms with van der Waals surface area (Å²) in [5.41, 5.74) is -1.42. The SMILES string of the molecule is CC.CCC1CC1.CCCCCC(C)(CS(=O)C(C)(C)C)NC(=O)NC(C(=O)N1CCCC1C(=O)NCC(=O)C(=O)NC1CC1)C(C)(C)C. The number of carbonyl (C=O) groups excluding carboxylic acids is 5. The molecule has 11 nitrogen and oxygen atoms in total. The lowest BCUT2D eigenvalue weighted by atomic mass is 9.85. The highest BCUT2D eigenvalue weighted by Crippen LogP contribution is 2.31. The normalized spacial score (nSPS) is 19.8. The van der Waals surface area contributed by atoms with E-state index in [2.05, 4.69) is 35.1 Å². The summed E-state index contributed by atoms with van der Waals surface area (Å²) in [5, 5.41) is 11.0. The highest BCUT2D eigenvalue weighted by atomic mass is 32.2. The lowest BCUT2D eigenvalue weighted by molar-refractivity contribution is -0.142. The first-order chi connectivity index (χ1) is 22.8. The number of amides is 5. The Balaban J connectivity index is 0.00000154. The third-order valence-electron chi connectivity index (χ3n) is 8.97. The van der Waals surface area contributed by atoms with Crippen LogP contribution in [0.1, 0.15) is 147 Å². The number of rotatable bonds is 15. The Morgan fingerprint density at radius 3 is 1.96 bits per heavy atom. The summed E-state index contributed by atoms with van der Waals surface area (Å²) in [4.78, 5) is 65.7. The van der Waals surface area contributed by atoms with E-state index in [4.69, 9.17) is 0 Å². The van der Waals surface area contributed by atoms with Gasteiger partial charge in [0.1, 0.15) is 12.1 Å². The van der Waals surface area contributed by atoms with Gasteiger partial charge in [0, 0.05) is 33.9 Å². The molecule has 0 aromatic heterocycles. The number of hydrogen-bond donors (Lipinski definition) is 4. The van der Waals surface area contributed by atoms with Crippen LogP contribution in [0.15, 0.2) is 0 Å². The fourth-order valence-electron chi connectivity index (χ4n) is 5.39. The van der Waals surface area contributed by atoms with Crippen LogP contribution >= 0.6 is 0 Å². The van der Waals surface area contributed by atoms with Crippen LogP contribution in [0.5, 0.6) is 0 Å². The molecule has 0 bridgehead atoms. The van der Waals surface area contributed by atoms with Crippen molar-refractivity contribution in [3.63, 3.8) is 0 Å². The minimum atomic E-state index is -1.20. The number of Topliss-reactive ketones (excluding diaryl/α,β-unsaturated/α-hetero) is 1. The molecule has 1 heterocycles. The fraction of sp³-hybridized carbons (Fsp3) is 0.865. The van der Waals surface area contributed by atoms with Gasteiger partial charge in [0.15, 0.2) is 0 Å². The predicted molar refractivity (Wildman–Crippen MR) is 198 cm³/mol. The van der Waals surface area contributed by atoms with Gasteiger partial charge < -0.3 is 26.2 Å². The van der Waals surface area contributed by atoms with Crippen LogP contribution in [-0.2, 0) is 30.0 Å². The Morgan fingerprint density at radius 1 is 0.878 bits per heavy atom. The lowest BCUT2D eigenvalue weighted by Crippen LogP contribution is -2.62. The largest absolute Gasteiger partial charge is 0.347 e. The average Bonchev–Trinajstić information content (AvgIpc) is 3.97. The molecular weight excluding hydrogens is 643 g/mol. The number of ketones is 1. The monoisotopic (exact) mass is 711 g/mol. The van der Waals surface area contributed by atoms with Gasteiger partial charge in [-0.3, -0.25) is 23.4 Å². The van der Waals surface area contributed by atoms with Crippen LogP contribution < -0.4 is 21.3 Å². The molecule has 3 rings (SSSR count). The van der Waals surface area contributed by atoms with Gasteiger partial charge in [0.2, 0.25) is 17.6 Å². The van der Waals surface area contributed by atoms with E-state index in [9.17, 15) is 28.2 Å². The van der Waals surface area contributed by atoms with E-state index < -0.39 is 68.8 Å². The van der Waals surface area contributed by atoms with E-state index in [0.29, 0.717) is 25.8 Å². The molecule has 2 aliphatic carbocycles. The standard InChI is InChI=1S/C30H53N5O6S.C5H10.C2H6/c1-9-10-11-16-30(8,19-42(41)29(5,6)7)34-27(40)33-23(28(2,3)4)26(39)35-17-12-13-21(35)24(37)31-18-22(36)25(38)32-20-14-15-20;1-2-5-3-4-5;1-2/h20-21,23H,9-19H2,1-8H3,(H,31,37)(H,32,38)(H2,33,34,40);5H,2-4H2,1H3;1-2H3. The molecule has 4 unspecified atom stereocenters. The smallest absolute Gasteiger partial charge is 0.315 e. The van der Waals surface area contributed by atoms with Crippen LogP contribution in [0.3, 0.4) is 0 Å². The molecule has 4 atom stereocenters. The Kier molecular flexibility index (Phi) is 18.5. The first kappa shape index (κ1) is 44.5. The average molecular weight is 712 g/mol. The molecule has 4 N–H and O–H groups in total. The third kappa shape index (κ3) is 16.4. The number of urea groups is 1. The molecule has 3 fully saturated rings. The predicted octanol–water partition coefficient (Wildman–Crippen LogP) is 5.37. The van der Waals surface area contributed by atoms with Gasteiger partial charge in [-0.05, 0) is 71.1 Å². The van der Waals surface area contributed by atoms with Gasteiger partial charge in [0.25, 0.3) is 5.91 Å².